The summed E-state index contributed by atoms with van der Waals surface area (Å²) in [5.74, 6) is 0.0621. The zero-order valence-electron chi connectivity index (χ0n) is 35.7. The first-order valence-electron chi connectivity index (χ1n) is 19.3. The van der Waals surface area contributed by atoms with Crippen molar-refractivity contribution in [1.29, 1.82) is 0 Å². The summed E-state index contributed by atoms with van der Waals surface area (Å²) in [5.41, 5.74) is 1.07. The SMILES string of the molecule is O=S(=O)([O-])c1cc(Nc2nc(Nc3ccccc3)nc(N(CCO)CCO)n2)ccc1C=Cc1ccc(Nc2nc(Nc3ccccc3)nc(N(CCO)CCO)n2)cc1S(=O)(=O)[O-].[NH4+].[NH4+]. The van der Waals surface area contributed by atoms with E-state index in [1.807, 2.05) is 12.1 Å². The number of benzene rings is 4. The predicted octanol–water partition coefficient (Wildman–Crippen LogP) is 3.34. The van der Waals surface area contributed by atoms with Crippen molar-refractivity contribution in [2.75, 3.05) is 83.7 Å². The van der Waals surface area contributed by atoms with Crippen molar-refractivity contribution in [3.05, 3.63) is 108 Å². The summed E-state index contributed by atoms with van der Waals surface area (Å²) < 4.78 is 75.6. The molecule has 26 heteroatoms. The molecule has 0 aliphatic carbocycles. The Morgan fingerprint density at radius 1 is 0.455 bits per heavy atom. The van der Waals surface area contributed by atoms with Gasteiger partial charge in [-0.3, -0.25) is 0 Å². The fraction of sp³-hybridized carbons (Fsp3) is 0.200. The van der Waals surface area contributed by atoms with Gasteiger partial charge in [0.1, 0.15) is 20.2 Å². The summed E-state index contributed by atoms with van der Waals surface area (Å²) in [5, 5.41) is 50.3. The van der Waals surface area contributed by atoms with Crippen molar-refractivity contribution in [3.8, 4) is 0 Å². The molecule has 0 aliphatic heterocycles. The average Bonchev–Trinajstić information content (AvgIpc) is 3.26. The summed E-state index contributed by atoms with van der Waals surface area (Å²) in [6.07, 6.45) is 2.32. The van der Waals surface area contributed by atoms with Crippen molar-refractivity contribution >= 4 is 90.8 Å². The number of quaternary nitrogens is 2. The van der Waals surface area contributed by atoms with Crippen LogP contribution >= 0.6 is 0 Å². The van der Waals surface area contributed by atoms with E-state index in [9.17, 15) is 46.4 Å². The normalized spacial score (nSPS) is 11.3. The van der Waals surface area contributed by atoms with Crippen molar-refractivity contribution in [3.63, 3.8) is 0 Å². The number of hydrogen-bond donors (Lipinski definition) is 10. The molecule has 66 heavy (non-hydrogen) atoms. The van der Waals surface area contributed by atoms with Crippen molar-refractivity contribution in [1.82, 2.24) is 42.2 Å². The monoisotopic (exact) mass is 950 g/mol. The Labute approximate surface area is 379 Å². The van der Waals surface area contributed by atoms with E-state index in [-0.39, 0.29) is 123 Å². The van der Waals surface area contributed by atoms with Crippen LogP contribution in [0.2, 0.25) is 0 Å². The maximum Gasteiger partial charge on any atom is 0.233 e. The molecule has 0 atom stereocenters. The van der Waals surface area contributed by atoms with Gasteiger partial charge in [-0.25, -0.2) is 16.8 Å². The van der Waals surface area contributed by atoms with Crippen LogP contribution in [-0.4, -0.2) is 129 Å². The summed E-state index contributed by atoms with van der Waals surface area (Å²) in [4.78, 5) is 27.9. The van der Waals surface area contributed by atoms with Crippen LogP contribution < -0.4 is 43.4 Å². The molecule has 16 N–H and O–H groups in total. The van der Waals surface area contributed by atoms with Gasteiger partial charge < -0.3 is 72.9 Å². The lowest BCUT2D eigenvalue weighted by atomic mass is 10.1. The van der Waals surface area contributed by atoms with Crippen LogP contribution in [0.5, 0.6) is 0 Å². The topological polar surface area (TPSA) is 400 Å². The maximum atomic E-state index is 12.6. The Bertz CT molecular complexity index is 2580. The summed E-state index contributed by atoms with van der Waals surface area (Å²) in [7, 11) is -10.3. The van der Waals surface area contributed by atoms with E-state index in [2.05, 4.69) is 51.2 Å². The second-order valence-electron chi connectivity index (χ2n) is 13.4. The number of nitrogens with one attached hydrogen (secondary N) is 4. The number of aliphatic hydroxyl groups excluding tert-OH is 4. The fourth-order valence-corrected chi connectivity index (χ4v) is 7.41. The molecule has 0 unspecified atom stereocenters. The van der Waals surface area contributed by atoms with E-state index in [1.54, 1.807) is 48.5 Å². The first kappa shape index (κ1) is 51.7. The largest absolute Gasteiger partial charge is 0.744 e. The van der Waals surface area contributed by atoms with Gasteiger partial charge in [0, 0.05) is 48.9 Å². The standard InChI is InChI=1S/C40H44N12O10S2.2H3N/c53-21-17-51(18-22-54)39-47-35(41-29-7-3-1-4-8-29)45-37(49-39)43-31-15-13-27(33(25-31)63(57,58)59)11-12-28-14-16-32(26-34(28)64(60,61)62)44-38-46-36(42-30-9-5-2-6-10-30)48-40(50-38)52(19-23-55)20-24-56;;/h1-16,25-26,53-56H,17-24H2,(H,57,58,59)(H,60,61,62)(H2,41,43,45,47,49)(H2,42,44,46,48,50);2*1H3. The Morgan fingerprint density at radius 3 is 1.05 bits per heavy atom. The second kappa shape index (κ2) is 23.8. The molecular weight excluding hydrogens is 901 g/mol. The molecule has 6 aromatic rings. The number of rotatable bonds is 22. The Morgan fingerprint density at radius 2 is 0.758 bits per heavy atom. The molecule has 6 rings (SSSR count). The van der Waals surface area contributed by atoms with Gasteiger partial charge in [-0.15, -0.1) is 0 Å². The van der Waals surface area contributed by atoms with Gasteiger partial charge in [0.15, 0.2) is 0 Å². The van der Waals surface area contributed by atoms with Crippen molar-refractivity contribution < 1.29 is 46.4 Å². The smallest absolute Gasteiger partial charge is 0.233 e. The zero-order valence-corrected chi connectivity index (χ0v) is 37.3. The highest BCUT2D eigenvalue weighted by Crippen LogP contribution is 2.29. The molecule has 352 valence electrons. The number of para-hydroxylation sites is 2. The Hall–Kier alpha value is -6.98. The fourth-order valence-electron chi connectivity index (χ4n) is 6.01. The number of hydrogen-bond acceptors (Lipinski definition) is 22. The highest BCUT2D eigenvalue weighted by molar-refractivity contribution is 7.86. The highest BCUT2D eigenvalue weighted by Gasteiger charge is 2.18. The first-order chi connectivity index (χ1) is 30.8. The molecule has 0 saturated carbocycles. The summed E-state index contributed by atoms with van der Waals surface area (Å²) in [6, 6.07) is 25.2. The van der Waals surface area contributed by atoms with E-state index < -0.39 is 30.0 Å². The second-order valence-corrected chi connectivity index (χ2v) is 16.1. The zero-order chi connectivity index (χ0) is 45.7. The molecule has 2 heterocycles. The van der Waals surface area contributed by atoms with Gasteiger partial charge in [-0.05, 0) is 59.7 Å². The van der Waals surface area contributed by atoms with Gasteiger partial charge >= 0.3 is 0 Å². The van der Waals surface area contributed by atoms with E-state index in [0.29, 0.717) is 11.4 Å². The molecule has 0 fully saturated rings. The van der Waals surface area contributed by atoms with E-state index in [1.165, 1.54) is 34.1 Å². The van der Waals surface area contributed by atoms with E-state index in [0.717, 1.165) is 24.3 Å². The van der Waals surface area contributed by atoms with Crippen LogP contribution in [0.15, 0.2) is 107 Å². The lowest BCUT2D eigenvalue weighted by Crippen LogP contribution is -2.31. The van der Waals surface area contributed by atoms with Crippen LogP contribution in [0.25, 0.3) is 12.2 Å². The Balaban J connectivity index is 0.00000476. The van der Waals surface area contributed by atoms with Gasteiger partial charge in [0.05, 0.1) is 36.2 Å². The van der Waals surface area contributed by atoms with Crippen LogP contribution in [0.4, 0.5) is 58.4 Å². The predicted molar refractivity (Wildman–Crippen MR) is 248 cm³/mol. The minimum Gasteiger partial charge on any atom is -0.744 e. The quantitative estimate of drug-likeness (QED) is 0.0344. The van der Waals surface area contributed by atoms with Gasteiger partial charge in [0.2, 0.25) is 35.7 Å². The van der Waals surface area contributed by atoms with Crippen LogP contribution in [0.1, 0.15) is 11.1 Å². The van der Waals surface area contributed by atoms with Crippen molar-refractivity contribution in [2.24, 2.45) is 0 Å². The average molecular weight is 951 g/mol. The molecule has 0 amide bonds. The third kappa shape index (κ3) is 14.3. The molecule has 0 radical (unpaired) electrons. The highest BCUT2D eigenvalue weighted by atomic mass is 32.2. The molecule has 2 aromatic heterocycles. The third-order valence-electron chi connectivity index (χ3n) is 8.87. The first-order valence-corrected chi connectivity index (χ1v) is 22.1. The maximum absolute atomic E-state index is 12.6. The molecule has 24 nitrogen and oxygen atoms in total. The minimum atomic E-state index is -5.17. The van der Waals surface area contributed by atoms with E-state index >= 15 is 0 Å². The number of aromatic nitrogens is 6. The molecule has 0 aliphatic rings. The number of nitrogens with zero attached hydrogens (tertiary/aromatic N) is 8. The molecule has 0 bridgehead atoms. The van der Waals surface area contributed by atoms with E-state index in [4.69, 9.17) is 0 Å². The van der Waals surface area contributed by atoms with Gasteiger partial charge in [0.25, 0.3) is 0 Å². The number of aliphatic hydroxyl groups is 4. The number of anilines is 10. The van der Waals surface area contributed by atoms with Crippen LogP contribution in [0.3, 0.4) is 0 Å². The summed E-state index contributed by atoms with van der Waals surface area (Å²) in [6.45, 7) is -0.886. The van der Waals surface area contributed by atoms with Crippen LogP contribution in [0, 0.1) is 0 Å². The third-order valence-corrected chi connectivity index (χ3v) is 10.7. The van der Waals surface area contributed by atoms with Crippen LogP contribution in [-0.2, 0) is 20.2 Å². The summed E-state index contributed by atoms with van der Waals surface area (Å²) >= 11 is 0. The van der Waals surface area contributed by atoms with Gasteiger partial charge in [-0.1, -0.05) is 60.7 Å². The Kier molecular flexibility index (Phi) is 18.6. The lowest BCUT2D eigenvalue weighted by Gasteiger charge is -2.22. The van der Waals surface area contributed by atoms with Crippen molar-refractivity contribution in [2.45, 2.75) is 9.79 Å². The lowest BCUT2D eigenvalue weighted by molar-refractivity contribution is 0.279. The molecule has 4 aromatic carbocycles. The molecule has 0 spiro atoms. The molecular formula is C40H50N14O10S2. The molecule has 0 saturated heterocycles. The van der Waals surface area contributed by atoms with Gasteiger partial charge in [-0.2, -0.15) is 29.9 Å². The minimum absolute atomic E-state index is 0.